The fourth-order valence-corrected chi connectivity index (χ4v) is 3.83. The average molecular weight is 311 g/mol. The highest BCUT2D eigenvalue weighted by Gasteiger charge is 2.34. The number of hydrogen-bond acceptors (Lipinski definition) is 4. The molecule has 1 rings (SSSR count). The van der Waals surface area contributed by atoms with Crippen molar-refractivity contribution < 1.29 is 9.53 Å². The molecule has 0 aromatic heterocycles. The molecule has 1 fully saturated rings. The van der Waals surface area contributed by atoms with E-state index in [4.69, 9.17) is 10.00 Å². The standard InChI is InChI=1S/C17H29NO2S/c1-12(2)15-8-7-13(3)11-16(15)20-17(19)14(4)21-10-6-5-9-18/h12-16H,5-8,10-11H2,1-4H3. The van der Waals surface area contributed by atoms with Gasteiger partial charge < -0.3 is 4.74 Å². The van der Waals surface area contributed by atoms with Crippen molar-refractivity contribution in [2.45, 2.75) is 71.2 Å². The summed E-state index contributed by atoms with van der Waals surface area (Å²) in [5.74, 6) is 2.48. The molecule has 0 aliphatic heterocycles. The first kappa shape index (κ1) is 18.4. The lowest BCUT2D eigenvalue weighted by atomic mass is 9.75. The topological polar surface area (TPSA) is 50.1 Å². The summed E-state index contributed by atoms with van der Waals surface area (Å²) in [5, 5.41) is 8.38. The van der Waals surface area contributed by atoms with E-state index in [1.807, 2.05) is 6.92 Å². The zero-order chi connectivity index (χ0) is 15.8. The molecule has 21 heavy (non-hydrogen) atoms. The van der Waals surface area contributed by atoms with Gasteiger partial charge in [0.2, 0.25) is 0 Å². The minimum absolute atomic E-state index is 0.0818. The molecule has 4 unspecified atom stereocenters. The van der Waals surface area contributed by atoms with Crippen molar-refractivity contribution in [3.05, 3.63) is 0 Å². The third-order valence-corrected chi connectivity index (χ3v) is 5.58. The summed E-state index contributed by atoms with van der Waals surface area (Å²) in [4.78, 5) is 12.2. The Hall–Kier alpha value is -0.690. The maximum absolute atomic E-state index is 12.2. The lowest BCUT2D eigenvalue weighted by molar-refractivity contribution is -0.154. The maximum atomic E-state index is 12.2. The highest BCUT2D eigenvalue weighted by Crippen LogP contribution is 2.35. The van der Waals surface area contributed by atoms with Crippen LogP contribution in [0.1, 0.15) is 59.8 Å². The Balaban J connectivity index is 2.44. The highest BCUT2D eigenvalue weighted by molar-refractivity contribution is 8.00. The van der Waals surface area contributed by atoms with Gasteiger partial charge in [0.15, 0.2) is 0 Å². The van der Waals surface area contributed by atoms with Gasteiger partial charge >= 0.3 is 5.97 Å². The molecule has 0 N–H and O–H groups in total. The Labute approximate surface area is 133 Å². The second kappa shape index (κ2) is 9.35. The summed E-state index contributed by atoms with van der Waals surface area (Å²) in [6.07, 6.45) is 4.90. The molecule has 0 heterocycles. The smallest absolute Gasteiger partial charge is 0.319 e. The van der Waals surface area contributed by atoms with Gasteiger partial charge in [-0.3, -0.25) is 4.79 Å². The molecular formula is C17H29NO2S. The Morgan fingerprint density at radius 3 is 2.71 bits per heavy atom. The van der Waals surface area contributed by atoms with Crippen LogP contribution in [0.4, 0.5) is 0 Å². The van der Waals surface area contributed by atoms with Crippen LogP contribution >= 0.6 is 11.8 Å². The molecule has 4 atom stereocenters. The molecular weight excluding hydrogens is 282 g/mol. The largest absolute Gasteiger partial charge is 0.461 e. The predicted molar refractivity (Wildman–Crippen MR) is 88.0 cm³/mol. The molecule has 1 saturated carbocycles. The molecule has 0 aromatic rings. The van der Waals surface area contributed by atoms with Crippen molar-refractivity contribution in [1.82, 2.24) is 0 Å². The normalized spacial score (nSPS) is 27.1. The number of hydrogen-bond donors (Lipinski definition) is 0. The zero-order valence-electron chi connectivity index (χ0n) is 13.8. The molecule has 0 aromatic carbocycles. The van der Waals surface area contributed by atoms with Crippen LogP contribution < -0.4 is 0 Å². The highest BCUT2D eigenvalue weighted by atomic mass is 32.2. The minimum Gasteiger partial charge on any atom is -0.461 e. The van der Waals surface area contributed by atoms with Gasteiger partial charge in [-0.25, -0.2) is 0 Å². The van der Waals surface area contributed by atoms with Crippen molar-refractivity contribution >= 4 is 17.7 Å². The van der Waals surface area contributed by atoms with E-state index in [0.29, 0.717) is 24.2 Å². The summed E-state index contributed by atoms with van der Waals surface area (Å²) in [6, 6.07) is 2.13. The first-order valence-electron chi connectivity index (χ1n) is 8.14. The number of esters is 1. The Bertz CT molecular complexity index is 364. The van der Waals surface area contributed by atoms with Crippen LogP contribution in [-0.2, 0) is 9.53 Å². The van der Waals surface area contributed by atoms with Gasteiger partial charge in [-0.1, -0.05) is 27.2 Å². The number of carbonyl (C=O) groups is 1. The number of carbonyl (C=O) groups excluding carboxylic acids is 1. The first-order chi connectivity index (χ1) is 9.95. The van der Waals surface area contributed by atoms with Crippen LogP contribution in [0.3, 0.4) is 0 Å². The maximum Gasteiger partial charge on any atom is 0.319 e. The molecule has 1 aliphatic carbocycles. The third-order valence-electron chi connectivity index (χ3n) is 4.36. The van der Waals surface area contributed by atoms with Crippen molar-refractivity contribution in [3.63, 3.8) is 0 Å². The summed E-state index contributed by atoms with van der Waals surface area (Å²) in [7, 11) is 0. The number of nitrogens with zero attached hydrogens (tertiary/aromatic N) is 1. The SMILES string of the molecule is CC1CCC(C(C)C)C(OC(=O)C(C)SCCCC#N)C1. The number of rotatable bonds is 7. The summed E-state index contributed by atoms with van der Waals surface area (Å²) >= 11 is 1.60. The molecule has 0 saturated heterocycles. The quantitative estimate of drug-likeness (QED) is 0.516. The summed E-state index contributed by atoms with van der Waals surface area (Å²) in [6.45, 7) is 8.61. The Kier molecular flexibility index (Phi) is 8.18. The van der Waals surface area contributed by atoms with Gasteiger partial charge in [0.05, 0.1) is 11.3 Å². The lowest BCUT2D eigenvalue weighted by Gasteiger charge is -2.37. The van der Waals surface area contributed by atoms with Crippen molar-refractivity contribution in [2.24, 2.45) is 17.8 Å². The van der Waals surface area contributed by atoms with Gasteiger partial charge in [-0.2, -0.15) is 5.26 Å². The van der Waals surface area contributed by atoms with E-state index in [1.165, 1.54) is 12.8 Å². The second-order valence-electron chi connectivity index (χ2n) is 6.58. The second-order valence-corrected chi connectivity index (χ2v) is 8.02. The lowest BCUT2D eigenvalue weighted by Crippen LogP contribution is -2.37. The molecule has 120 valence electrons. The Morgan fingerprint density at radius 1 is 1.38 bits per heavy atom. The fraction of sp³-hybridized carbons (Fsp3) is 0.882. The number of ether oxygens (including phenoxy) is 1. The molecule has 1 aliphatic rings. The molecule has 0 radical (unpaired) electrons. The van der Waals surface area contributed by atoms with Crippen LogP contribution in [0.2, 0.25) is 0 Å². The van der Waals surface area contributed by atoms with Gasteiger partial charge in [-0.05, 0) is 49.7 Å². The third kappa shape index (κ3) is 6.30. The van der Waals surface area contributed by atoms with E-state index in [1.54, 1.807) is 11.8 Å². The van der Waals surface area contributed by atoms with Crippen LogP contribution in [0.5, 0.6) is 0 Å². The Morgan fingerprint density at radius 2 is 2.10 bits per heavy atom. The van der Waals surface area contributed by atoms with Crippen molar-refractivity contribution in [1.29, 1.82) is 5.26 Å². The van der Waals surface area contributed by atoms with Crippen LogP contribution in [0, 0.1) is 29.1 Å². The van der Waals surface area contributed by atoms with E-state index in [0.717, 1.165) is 18.6 Å². The van der Waals surface area contributed by atoms with Gasteiger partial charge in [0.1, 0.15) is 6.10 Å². The zero-order valence-corrected chi connectivity index (χ0v) is 14.6. The van der Waals surface area contributed by atoms with Crippen LogP contribution in [0.25, 0.3) is 0 Å². The predicted octanol–water partition coefficient (Wildman–Crippen LogP) is 4.42. The van der Waals surface area contributed by atoms with Gasteiger partial charge in [-0.15, -0.1) is 11.8 Å². The fourth-order valence-electron chi connectivity index (χ4n) is 2.97. The van der Waals surface area contributed by atoms with E-state index in [2.05, 4.69) is 26.8 Å². The van der Waals surface area contributed by atoms with Crippen LogP contribution in [-0.4, -0.2) is 23.1 Å². The van der Waals surface area contributed by atoms with E-state index < -0.39 is 0 Å². The first-order valence-corrected chi connectivity index (χ1v) is 9.19. The number of unbranched alkanes of at least 4 members (excludes halogenated alkanes) is 1. The van der Waals surface area contributed by atoms with Crippen molar-refractivity contribution in [3.8, 4) is 6.07 Å². The van der Waals surface area contributed by atoms with Crippen molar-refractivity contribution in [2.75, 3.05) is 5.75 Å². The number of thioether (sulfide) groups is 1. The monoisotopic (exact) mass is 311 g/mol. The summed E-state index contributed by atoms with van der Waals surface area (Å²) in [5.41, 5.74) is 0. The van der Waals surface area contributed by atoms with Crippen LogP contribution in [0.15, 0.2) is 0 Å². The van der Waals surface area contributed by atoms with Gasteiger partial charge in [0.25, 0.3) is 0 Å². The molecule has 3 nitrogen and oxygen atoms in total. The minimum atomic E-state index is -0.131. The molecule has 4 heteroatoms. The molecule has 0 bridgehead atoms. The molecule has 0 amide bonds. The molecule has 0 spiro atoms. The van der Waals surface area contributed by atoms with E-state index in [9.17, 15) is 4.79 Å². The van der Waals surface area contributed by atoms with E-state index in [-0.39, 0.29) is 17.3 Å². The summed E-state index contributed by atoms with van der Waals surface area (Å²) < 4.78 is 5.83. The number of nitriles is 1. The van der Waals surface area contributed by atoms with Gasteiger partial charge in [0, 0.05) is 6.42 Å². The average Bonchev–Trinajstić information content (AvgIpc) is 2.43. The van der Waals surface area contributed by atoms with E-state index >= 15 is 0 Å².